The molecular weight excluding hydrogens is 923 g/mol. The molecule has 75 heavy (non-hydrogen) atoms. The second-order valence-corrected chi connectivity index (χ2v) is 23.1. The molecule has 0 spiro atoms. The topological polar surface area (TPSA) is 95.9 Å². The maximum Gasteiger partial charge on any atom is 0.305 e. The average Bonchev–Trinajstić information content (AvgIpc) is 3.41. The third-order valence-corrected chi connectivity index (χ3v) is 15.6. The molecule has 2 atom stereocenters. The van der Waals surface area contributed by atoms with E-state index in [0.29, 0.717) is 19.4 Å². The fourth-order valence-electron chi connectivity index (χ4n) is 10.4. The van der Waals surface area contributed by atoms with Gasteiger partial charge in [-0.05, 0) is 83.5 Å². The molecule has 0 rings (SSSR count). The summed E-state index contributed by atoms with van der Waals surface area (Å²) in [6.45, 7) is 4.90. The van der Waals surface area contributed by atoms with Crippen LogP contribution in [0.1, 0.15) is 367 Å². The van der Waals surface area contributed by atoms with Crippen LogP contribution in [0.25, 0.3) is 0 Å². The predicted octanol–water partition coefficient (Wildman–Crippen LogP) is 21.5. The van der Waals surface area contributed by atoms with Crippen molar-refractivity contribution in [1.82, 2.24) is 5.32 Å². The molecule has 6 heteroatoms. The largest absolute Gasteiger partial charge is 0.466 e. The van der Waals surface area contributed by atoms with E-state index in [4.69, 9.17) is 4.74 Å². The molecule has 0 radical (unpaired) electrons. The molecule has 3 N–H and O–H groups in total. The van der Waals surface area contributed by atoms with Gasteiger partial charge in [-0.3, -0.25) is 9.59 Å². The highest BCUT2D eigenvalue weighted by Crippen LogP contribution is 2.18. The number of unbranched alkanes of at least 4 members (excludes halogenated alkanes) is 48. The van der Waals surface area contributed by atoms with E-state index in [1.165, 1.54) is 295 Å². The Morgan fingerprint density at radius 3 is 0.947 bits per heavy atom. The Morgan fingerprint density at radius 2 is 0.627 bits per heavy atom. The fourth-order valence-corrected chi connectivity index (χ4v) is 10.4. The first kappa shape index (κ1) is 73.1. The number of hydrogen-bond acceptors (Lipinski definition) is 5. The molecule has 0 aliphatic heterocycles. The summed E-state index contributed by atoms with van der Waals surface area (Å²) >= 11 is 0. The lowest BCUT2D eigenvalue weighted by molar-refractivity contribution is -0.143. The second kappa shape index (κ2) is 64.6. The first-order chi connectivity index (χ1) is 37.0. The van der Waals surface area contributed by atoms with Gasteiger partial charge >= 0.3 is 5.97 Å². The number of aliphatic hydroxyl groups is 2. The predicted molar refractivity (Wildman–Crippen MR) is 329 cm³/mol. The van der Waals surface area contributed by atoms with Crippen LogP contribution in [0.3, 0.4) is 0 Å². The Morgan fingerprint density at radius 1 is 0.360 bits per heavy atom. The van der Waals surface area contributed by atoms with Crippen molar-refractivity contribution in [3.8, 4) is 0 Å². The summed E-state index contributed by atoms with van der Waals surface area (Å²) in [6, 6.07) is -0.624. The molecule has 0 saturated heterocycles. The Hall–Kier alpha value is -1.92. The minimum Gasteiger partial charge on any atom is -0.466 e. The quantitative estimate of drug-likeness (QED) is 0.0320. The maximum atomic E-state index is 12.4. The monoisotopic (exact) mass is 1050 g/mol. The second-order valence-electron chi connectivity index (χ2n) is 23.1. The lowest BCUT2D eigenvalue weighted by atomic mass is 10.0. The SMILES string of the molecule is CCCCCCCCC/C=C\CCCCCCCC(=O)OCCCCCCCCCCCCCC/C=C\CCCCCCCCCCCCCCCCCCC(=O)NC(CO)C(O)/C=C/CCCCCCCCCC. The number of ether oxygens (including phenoxy) is 1. The van der Waals surface area contributed by atoms with E-state index in [1.807, 2.05) is 6.08 Å². The Labute approximate surface area is 468 Å². The van der Waals surface area contributed by atoms with Gasteiger partial charge in [-0.1, -0.05) is 307 Å². The van der Waals surface area contributed by atoms with E-state index in [2.05, 4.69) is 43.5 Å². The number of nitrogens with one attached hydrogen (secondary N) is 1. The van der Waals surface area contributed by atoms with Crippen molar-refractivity contribution < 1.29 is 24.5 Å². The lowest BCUT2D eigenvalue weighted by Crippen LogP contribution is -2.45. The van der Waals surface area contributed by atoms with Crippen molar-refractivity contribution in [1.29, 1.82) is 0 Å². The van der Waals surface area contributed by atoms with Crippen molar-refractivity contribution in [3.63, 3.8) is 0 Å². The molecule has 2 unspecified atom stereocenters. The average molecular weight is 1050 g/mol. The molecule has 0 aliphatic rings. The fraction of sp³-hybridized carbons (Fsp3) is 0.884. The molecule has 0 aromatic heterocycles. The van der Waals surface area contributed by atoms with Crippen LogP contribution in [-0.2, 0) is 14.3 Å². The summed E-state index contributed by atoms with van der Waals surface area (Å²) in [6.07, 6.45) is 82.3. The van der Waals surface area contributed by atoms with E-state index in [1.54, 1.807) is 6.08 Å². The van der Waals surface area contributed by atoms with Crippen LogP contribution in [-0.4, -0.2) is 47.4 Å². The van der Waals surface area contributed by atoms with Gasteiger partial charge in [0.05, 0.1) is 25.4 Å². The number of carbonyl (C=O) groups excluding carboxylic acids is 2. The van der Waals surface area contributed by atoms with Crippen LogP contribution in [0.2, 0.25) is 0 Å². The smallest absolute Gasteiger partial charge is 0.305 e. The molecule has 6 nitrogen and oxygen atoms in total. The molecule has 0 aromatic rings. The third kappa shape index (κ3) is 61.2. The molecular formula is C69H131NO5. The number of amides is 1. The van der Waals surface area contributed by atoms with Gasteiger partial charge in [-0.15, -0.1) is 0 Å². The molecule has 0 bridgehead atoms. The number of allylic oxidation sites excluding steroid dienone is 5. The van der Waals surface area contributed by atoms with Gasteiger partial charge in [-0.25, -0.2) is 0 Å². The van der Waals surface area contributed by atoms with Crippen LogP contribution in [0.15, 0.2) is 36.5 Å². The van der Waals surface area contributed by atoms with Crippen LogP contribution in [0.4, 0.5) is 0 Å². The number of esters is 1. The van der Waals surface area contributed by atoms with E-state index in [0.717, 1.165) is 44.9 Å². The standard InChI is InChI=1S/C69H131NO5/c1-3-5-7-9-11-13-15-16-17-37-40-43-47-51-55-59-63-69(74)75-64-60-56-52-48-44-41-38-35-33-31-29-27-25-23-21-19-18-20-22-24-26-28-30-32-34-36-39-42-46-50-54-58-62-68(73)70-66(65-71)67(72)61-57-53-49-45-14-12-10-8-6-4-2/h17,21,23,37,57,61,66-67,71-72H,3-16,18-20,22,24-36,38-56,58-60,62-65H2,1-2H3,(H,70,73)/b23-21-,37-17-,61-57+. The van der Waals surface area contributed by atoms with Gasteiger partial charge in [-0.2, -0.15) is 0 Å². The lowest BCUT2D eigenvalue weighted by Gasteiger charge is -2.20. The zero-order valence-electron chi connectivity index (χ0n) is 50.5. The van der Waals surface area contributed by atoms with E-state index >= 15 is 0 Å². The molecule has 0 fully saturated rings. The van der Waals surface area contributed by atoms with Gasteiger partial charge in [0.1, 0.15) is 0 Å². The van der Waals surface area contributed by atoms with Crippen molar-refractivity contribution in [2.75, 3.05) is 13.2 Å². The van der Waals surface area contributed by atoms with Crippen LogP contribution in [0.5, 0.6) is 0 Å². The minimum atomic E-state index is -0.841. The summed E-state index contributed by atoms with van der Waals surface area (Å²) in [5, 5.41) is 23.0. The third-order valence-electron chi connectivity index (χ3n) is 15.6. The highest BCUT2D eigenvalue weighted by molar-refractivity contribution is 5.76. The number of aliphatic hydroxyl groups excluding tert-OH is 2. The minimum absolute atomic E-state index is 0.0106. The van der Waals surface area contributed by atoms with E-state index < -0.39 is 12.1 Å². The first-order valence-electron chi connectivity index (χ1n) is 33.8. The Kier molecular flexibility index (Phi) is 63.0. The van der Waals surface area contributed by atoms with Gasteiger partial charge in [0, 0.05) is 12.8 Å². The summed E-state index contributed by atoms with van der Waals surface area (Å²) in [7, 11) is 0. The van der Waals surface area contributed by atoms with Gasteiger partial charge < -0.3 is 20.3 Å². The van der Waals surface area contributed by atoms with Crippen LogP contribution >= 0.6 is 0 Å². The maximum absolute atomic E-state index is 12.4. The van der Waals surface area contributed by atoms with Crippen molar-refractivity contribution in [3.05, 3.63) is 36.5 Å². The summed E-state index contributed by atoms with van der Waals surface area (Å²) < 4.78 is 5.49. The molecule has 0 saturated carbocycles. The zero-order chi connectivity index (χ0) is 54.3. The Bertz CT molecular complexity index is 1210. The van der Waals surface area contributed by atoms with E-state index in [9.17, 15) is 19.8 Å². The van der Waals surface area contributed by atoms with Crippen LogP contribution in [0, 0.1) is 0 Å². The van der Waals surface area contributed by atoms with Gasteiger partial charge in [0.25, 0.3) is 0 Å². The van der Waals surface area contributed by atoms with Crippen LogP contribution < -0.4 is 5.32 Å². The van der Waals surface area contributed by atoms with Crippen molar-refractivity contribution in [2.45, 2.75) is 379 Å². The number of hydrogen-bond donors (Lipinski definition) is 3. The van der Waals surface area contributed by atoms with Gasteiger partial charge in [0.15, 0.2) is 0 Å². The molecule has 1 amide bonds. The van der Waals surface area contributed by atoms with Gasteiger partial charge in [0.2, 0.25) is 5.91 Å². The first-order valence-corrected chi connectivity index (χ1v) is 33.8. The summed E-state index contributed by atoms with van der Waals surface area (Å²) in [5.41, 5.74) is 0. The summed E-state index contributed by atoms with van der Waals surface area (Å²) in [4.78, 5) is 24.5. The number of rotatable bonds is 63. The van der Waals surface area contributed by atoms with Crippen molar-refractivity contribution >= 4 is 11.9 Å². The normalized spacial score (nSPS) is 12.7. The molecule has 0 aliphatic carbocycles. The Balaban J connectivity index is 3.34. The molecule has 0 aromatic carbocycles. The van der Waals surface area contributed by atoms with E-state index in [-0.39, 0.29) is 18.5 Å². The number of carbonyl (C=O) groups is 2. The molecule has 0 heterocycles. The van der Waals surface area contributed by atoms with Crippen molar-refractivity contribution in [2.24, 2.45) is 0 Å². The summed E-state index contributed by atoms with van der Waals surface area (Å²) in [5.74, 6) is -0.0557. The molecule has 442 valence electrons. The highest BCUT2D eigenvalue weighted by atomic mass is 16.5. The zero-order valence-corrected chi connectivity index (χ0v) is 50.5. The highest BCUT2D eigenvalue weighted by Gasteiger charge is 2.18.